The molecular weight excluding hydrogens is 524 g/mol. The zero-order chi connectivity index (χ0) is 27.9. The summed E-state index contributed by atoms with van der Waals surface area (Å²) in [5, 5.41) is 28.4. The monoisotopic (exact) mass is 556 g/mol. The Labute approximate surface area is 236 Å². The Kier molecular flexibility index (Phi) is 6.73. The van der Waals surface area contributed by atoms with E-state index < -0.39 is 42.7 Å². The molecule has 7 rings (SSSR count). The molecule has 2 aromatic heterocycles. The third-order valence-corrected chi connectivity index (χ3v) is 7.98. The second kappa shape index (κ2) is 10.7. The van der Waals surface area contributed by atoms with E-state index in [4.69, 9.17) is 9.73 Å². The lowest BCUT2D eigenvalue weighted by Gasteiger charge is -2.33. The number of carbonyl (C=O) groups is 1. The second-order valence-electron chi connectivity index (χ2n) is 10.8. The van der Waals surface area contributed by atoms with Crippen LogP contribution in [0.15, 0.2) is 69.8 Å². The number of aromatic nitrogens is 2. The predicted octanol–water partition coefficient (Wildman–Crippen LogP) is 0.421. The minimum Gasteiger partial charge on any atom is -0.387 e. The van der Waals surface area contributed by atoms with Crippen LogP contribution in [0.5, 0.6) is 0 Å². The maximum atomic E-state index is 12.5. The van der Waals surface area contributed by atoms with Crippen molar-refractivity contribution in [3.63, 3.8) is 0 Å². The molecule has 1 aliphatic carbocycles. The number of hydrogen-bond acceptors (Lipinski definition) is 9. The normalized spacial score (nSPS) is 29.7. The number of pyridine rings is 1. The van der Waals surface area contributed by atoms with Crippen molar-refractivity contribution in [3.05, 3.63) is 66.1 Å². The van der Waals surface area contributed by atoms with Crippen LogP contribution in [0, 0.1) is 0 Å². The van der Waals surface area contributed by atoms with E-state index in [0.29, 0.717) is 18.9 Å². The maximum absolute atomic E-state index is 12.5. The van der Waals surface area contributed by atoms with E-state index in [1.165, 1.54) is 10.9 Å². The fraction of sp³-hybridized carbons (Fsp3) is 0.414. The summed E-state index contributed by atoms with van der Waals surface area (Å²) < 4.78 is 8.07. The molecule has 3 aliphatic heterocycles. The van der Waals surface area contributed by atoms with Crippen LogP contribution in [0.4, 0.5) is 0 Å². The van der Waals surface area contributed by atoms with Crippen LogP contribution in [0.1, 0.15) is 24.1 Å². The van der Waals surface area contributed by atoms with E-state index in [1.54, 1.807) is 17.6 Å². The first-order valence-corrected chi connectivity index (χ1v) is 14.0. The molecule has 4 N–H and O–H groups in total. The highest BCUT2D eigenvalue weighted by Crippen LogP contribution is 2.31. The first-order valence-electron chi connectivity index (χ1n) is 14.0. The highest BCUT2D eigenvalue weighted by molar-refractivity contribution is 6.00. The van der Waals surface area contributed by atoms with Gasteiger partial charge < -0.3 is 35.1 Å². The Balaban J connectivity index is 1.03. The van der Waals surface area contributed by atoms with Crippen molar-refractivity contribution in [1.82, 2.24) is 25.1 Å². The summed E-state index contributed by atoms with van der Waals surface area (Å²) in [7, 11) is 0. The van der Waals surface area contributed by atoms with Crippen molar-refractivity contribution in [2.45, 2.75) is 68.6 Å². The number of ether oxygens (including phenoxy) is 1. The van der Waals surface area contributed by atoms with Gasteiger partial charge in [-0.25, -0.2) is 4.99 Å². The lowest BCUT2D eigenvalue weighted by Crippen LogP contribution is -2.53. The molecule has 41 heavy (non-hydrogen) atoms. The number of nitrogens with zero attached hydrogens (tertiary/aromatic N) is 6. The summed E-state index contributed by atoms with van der Waals surface area (Å²) in [5.74, 6) is 0.253. The standard InChI is InChI=1S/C29H32N8O4/c38-23-24(39)29(41-25(23)28(40)35-18-8-9-18)37-16-34-22-26(32-15-33-27(22)37)31-12-10-17-13-36(14-19-5-3-4-11-30-19)21-7-2-1-6-20(17)21/h1-7,11,13,15-16,18,22-25,27,29,38-39H,8-10,12,14H2,(H,35,40)(H,31,32,33)/t22?,23-,24+,25-,27?,29?/m0/s1. The SMILES string of the molecule is O=C(NC1CC1)[C@H]1OC(N2C=NC3C(=NCCc4cn(Cc5ccccn5)c5ccccc45)NC=NC32)[C@H](O)[C@@H]1O. The number of aliphatic imine (C=N–C) groups is 3. The molecule has 0 bridgehead atoms. The van der Waals surface area contributed by atoms with Gasteiger partial charge in [-0.1, -0.05) is 24.3 Å². The van der Waals surface area contributed by atoms with Crippen molar-refractivity contribution in [2.75, 3.05) is 6.54 Å². The van der Waals surface area contributed by atoms with Gasteiger partial charge in [0.25, 0.3) is 5.91 Å². The van der Waals surface area contributed by atoms with Crippen LogP contribution in [0.25, 0.3) is 10.9 Å². The van der Waals surface area contributed by atoms with E-state index in [9.17, 15) is 15.0 Å². The summed E-state index contributed by atoms with van der Waals surface area (Å²) >= 11 is 0. The van der Waals surface area contributed by atoms with Crippen LogP contribution in [-0.2, 0) is 22.5 Å². The molecule has 5 heterocycles. The summed E-state index contributed by atoms with van der Waals surface area (Å²) in [4.78, 5) is 32.6. The average Bonchev–Trinajstić information content (AvgIpc) is 3.48. The lowest BCUT2D eigenvalue weighted by atomic mass is 10.1. The van der Waals surface area contributed by atoms with Crippen molar-refractivity contribution in [3.8, 4) is 0 Å². The summed E-state index contributed by atoms with van der Waals surface area (Å²) in [6.45, 7) is 1.23. The fourth-order valence-corrected chi connectivity index (χ4v) is 5.70. The van der Waals surface area contributed by atoms with Gasteiger partial charge in [-0.2, -0.15) is 0 Å². The minimum absolute atomic E-state index is 0.123. The van der Waals surface area contributed by atoms with Gasteiger partial charge in [0.2, 0.25) is 0 Å². The molecule has 1 aromatic carbocycles. The van der Waals surface area contributed by atoms with Crippen molar-refractivity contribution < 1.29 is 19.7 Å². The van der Waals surface area contributed by atoms with Crippen LogP contribution in [-0.4, -0.2) is 98.4 Å². The molecule has 4 aliphatic rings. The number of aliphatic hydroxyl groups excluding tert-OH is 2. The molecule has 6 atom stereocenters. The number of carbonyl (C=O) groups excluding carboxylic acids is 1. The van der Waals surface area contributed by atoms with Gasteiger partial charge in [-0.15, -0.1) is 0 Å². The molecular formula is C29H32N8O4. The Bertz CT molecular complexity index is 1520. The minimum atomic E-state index is -1.34. The zero-order valence-electron chi connectivity index (χ0n) is 22.3. The molecule has 0 radical (unpaired) electrons. The highest BCUT2D eigenvalue weighted by Gasteiger charge is 2.52. The number of hydrogen-bond donors (Lipinski definition) is 4. The Hall–Kier alpha value is -4.13. The fourth-order valence-electron chi connectivity index (χ4n) is 5.70. The summed E-state index contributed by atoms with van der Waals surface area (Å²) in [6.07, 6.45) is 4.43. The van der Waals surface area contributed by atoms with E-state index in [2.05, 4.69) is 48.5 Å². The number of para-hydroxylation sites is 1. The summed E-state index contributed by atoms with van der Waals surface area (Å²) in [5.41, 5.74) is 3.35. The topological polar surface area (TPSA) is 149 Å². The largest absolute Gasteiger partial charge is 0.387 e. The van der Waals surface area contributed by atoms with Gasteiger partial charge in [-0.05, 0) is 43.0 Å². The predicted molar refractivity (Wildman–Crippen MR) is 153 cm³/mol. The third-order valence-electron chi connectivity index (χ3n) is 7.98. The number of rotatable bonds is 8. The average molecular weight is 557 g/mol. The van der Waals surface area contributed by atoms with E-state index >= 15 is 0 Å². The van der Waals surface area contributed by atoms with Gasteiger partial charge in [0, 0.05) is 35.9 Å². The van der Waals surface area contributed by atoms with E-state index in [-0.39, 0.29) is 6.04 Å². The zero-order valence-corrected chi connectivity index (χ0v) is 22.3. The number of benzene rings is 1. The first kappa shape index (κ1) is 25.8. The second-order valence-corrected chi connectivity index (χ2v) is 10.8. The third kappa shape index (κ3) is 4.98. The molecule has 3 unspecified atom stereocenters. The van der Waals surface area contributed by atoms with Gasteiger partial charge in [0.15, 0.2) is 18.5 Å². The number of nitrogens with one attached hydrogen (secondary N) is 2. The molecule has 1 saturated heterocycles. The quantitative estimate of drug-likeness (QED) is 0.314. The molecule has 212 valence electrons. The molecule has 1 amide bonds. The molecule has 3 aromatic rings. The summed E-state index contributed by atoms with van der Waals surface area (Å²) in [6, 6.07) is 14.0. The van der Waals surface area contributed by atoms with Crippen molar-refractivity contribution in [1.29, 1.82) is 0 Å². The van der Waals surface area contributed by atoms with Crippen LogP contribution in [0.3, 0.4) is 0 Å². The van der Waals surface area contributed by atoms with Crippen LogP contribution < -0.4 is 10.6 Å². The van der Waals surface area contributed by atoms with Crippen LogP contribution >= 0.6 is 0 Å². The highest BCUT2D eigenvalue weighted by atomic mass is 16.6. The van der Waals surface area contributed by atoms with Crippen molar-refractivity contribution >= 4 is 35.3 Å². The van der Waals surface area contributed by atoms with E-state index in [1.807, 2.05) is 36.5 Å². The number of amidine groups is 1. The van der Waals surface area contributed by atoms with Gasteiger partial charge >= 0.3 is 0 Å². The lowest BCUT2D eigenvalue weighted by molar-refractivity contribution is -0.139. The van der Waals surface area contributed by atoms with Crippen LogP contribution in [0.2, 0.25) is 0 Å². The van der Waals surface area contributed by atoms with Crippen molar-refractivity contribution in [2.24, 2.45) is 15.0 Å². The first-order chi connectivity index (χ1) is 20.1. The van der Waals surface area contributed by atoms with E-state index in [0.717, 1.165) is 30.5 Å². The molecule has 12 nitrogen and oxygen atoms in total. The molecule has 2 fully saturated rings. The Morgan fingerprint density at radius 3 is 2.80 bits per heavy atom. The molecule has 12 heteroatoms. The number of aliphatic hydroxyl groups is 2. The molecule has 1 saturated carbocycles. The van der Waals surface area contributed by atoms with Gasteiger partial charge in [-0.3, -0.25) is 19.8 Å². The number of fused-ring (bicyclic) bond motifs is 2. The Morgan fingerprint density at radius 1 is 1.12 bits per heavy atom. The molecule has 0 spiro atoms. The maximum Gasteiger partial charge on any atom is 0.252 e. The van der Waals surface area contributed by atoms with Gasteiger partial charge in [0.05, 0.1) is 24.9 Å². The smallest absolute Gasteiger partial charge is 0.252 e. The van der Waals surface area contributed by atoms with Gasteiger partial charge in [0.1, 0.15) is 24.1 Å². The Morgan fingerprint density at radius 2 is 1.98 bits per heavy atom. The number of amides is 1.